The number of nitrogens with two attached hydrogens (primary N) is 1. The molecule has 0 aromatic heterocycles. The second-order valence-electron chi connectivity index (χ2n) is 3.21. The number of hydrogen-bond donors (Lipinski definition) is 2. The molecule has 0 saturated carbocycles. The Morgan fingerprint density at radius 2 is 2.29 bits per heavy atom. The second kappa shape index (κ2) is 7.39. The van der Waals surface area contributed by atoms with Crippen LogP contribution in [0.4, 0.5) is 0 Å². The normalized spacial score (nSPS) is 23.8. The molecule has 1 aliphatic heterocycles. The average Bonchev–Trinajstić information content (AvgIpc) is 2.95. The van der Waals surface area contributed by atoms with Crippen molar-refractivity contribution in [2.24, 2.45) is 5.73 Å². The third-order valence-electron chi connectivity index (χ3n) is 2.01. The van der Waals surface area contributed by atoms with Gasteiger partial charge in [-0.15, -0.1) is 0 Å². The van der Waals surface area contributed by atoms with E-state index in [0.717, 1.165) is 19.6 Å². The molecule has 3 N–H and O–H groups in total. The maximum atomic E-state index is 5.70. The monoisotopic (exact) mass is 226 g/mol. The number of epoxide rings is 1. The molecule has 1 saturated heterocycles. The maximum absolute atomic E-state index is 5.70. The number of ether oxygens (including phenoxy) is 1. The van der Waals surface area contributed by atoms with E-state index in [4.69, 9.17) is 20.1 Å². The Morgan fingerprint density at radius 3 is 2.71 bits per heavy atom. The maximum Gasteiger partial charge on any atom is 0.168 e. The van der Waals surface area contributed by atoms with Gasteiger partial charge in [0, 0.05) is 6.04 Å². The summed E-state index contributed by atoms with van der Waals surface area (Å²) in [5.74, 6) is 0. The fourth-order valence-electron chi connectivity index (χ4n) is 0.891. The molecule has 0 amide bonds. The van der Waals surface area contributed by atoms with E-state index in [1.54, 1.807) is 7.11 Å². The molecule has 6 heteroatoms. The first-order valence-electron chi connectivity index (χ1n) is 4.66. The Labute approximate surface area is 90.8 Å². The van der Waals surface area contributed by atoms with Gasteiger partial charge in [0.1, 0.15) is 12.7 Å². The van der Waals surface area contributed by atoms with Crippen LogP contribution in [0.25, 0.3) is 0 Å². The predicted molar refractivity (Wildman–Crippen MR) is 46.8 cm³/mol. The molecule has 1 rings (SSSR count). The summed E-state index contributed by atoms with van der Waals surface area (Å²) in [6.45, 7) is 4.10. The number of hydroxylamine groups is 2. The minimum Gasteiger partial charge on any atom is -1.00 e. The SMILES string of the molecule is CCC(N)CO[NH+](CC1CO1)OC.[Cl-]. The van der Waals surface area contributed by atoms with E-state index < -0.39 is 0 Å². The van der Waals surface area contributed by atoms with Gasteiger partial charge in [0.25, 0.3) is 0 Å². The van der Waals surface area contributed by atoms with E-state index in [1.807, 2.05) is 6.92 Å². The van der Waals surface area contributed by atoms with Gasteiger partial charge in [-0.25, -0.2) is 0 Å². The van der Waals surface area contributed by atoms with Crippen LogP contribution in [0.5, 0.6) is 0 Å². The quantitative estimate of drug-likeness (QED) is 0.340. The molecule has 0 radical (unpaired) electrons. The van der Waals surface area contributed by atoms with Crippen molar-refractivity contribution in [3.05, 3.63) is 0 Å². The Morgan fingerprint density at radius 1 is 1.64 bits per heavy atom. The Balaban J connectivity index is 0.00000169. The first kappa shape index (κ1) is 14.1. The van der Waals surface area contributed by atoms with Gasteiger partial charge < -0.3 is 22.9 Å². The van der Waals surface area contributed by atoms with Gasteiger partial charge in [-0.3, -0.25) is 0 Å². The van der Waals surface area contributed by atoms with Crippen LogP contribution in [-0.2, 0) is 14.4 Å². The molecule has 1 fully saturated rings. The average molecular weight is 227 g/mol. The van der Waals surface area contributed by atoms with Crippen molar-refractivity contribution in [3.63, 3.8) is 0 Å². The Bertz CT molecular complexity index is 147. The molecule has 1 heterocycles. The number of hydrogen-bond acceptors (Lipinski definition) is 4. The summed E-state index contributed by atoms with van der Waals surface area (Å²) in [5.41, 5.74) is 5.70. The predicted octanol–water partition coefficient (Wildman–Crippen LogP) is -4.50. The lowest BCUT2D eigenvalue weighted by atomic mass is 10.3. The smallest absolute Gasteiger partial charge is 0.168 e. The van der Waals surface area contributed by atoms with E-state index >= 15 is 0 Å². The van der Waals surface area contributed by atoms with Gasteiger partial charge in [0.15, 0.2) is 6.54 Å². The third-order valence-corrected chi connectivity index (χ3v) is 2.01. The molecule has 0 bridgehead atoms. The molecular formula is C8H19ClN2O3. The van der Waals surface area contributed by atoms with Crippen LogP contribution in [0.1, 0.15) is 13.3 Å². The van der Waals surface area contributed by atoms with Crippen LogP contribution in [0, 0.1) is 0 Å². The molecule has 0 aromatic carbocycles. The van der Waals surface area contributed by atoms with E-state index in [9.17, 15) is 0 Å². The van der Waals surface area contributed by atoms with Gasteiger partial charge in [0.05, 0.1) is 13.7 Å². The molecule has 5 nitrogen and oxygen atoms in total. The van der Waals surface area contributed by atoms with Gasteiger partial charge in [-0.05, 0) is 6.42 Å². The summed E-state index contributed by atoms with van der Waals surface area (Å²) in [6.07, 6.45) is 1.21. The van der Waals surface area contributed by atoms with Crippen LogP contribution in [0.3, 0.4) is 0 Å². The van der Waals surface area contributed by atoms with Crippen molar-refractivity contribution >= 4 is 0 Å². The number of quaternary nitrogens is 1. The minimum atomic E-state index is 0. The highest BCUT2D eigenvalue weighted by Gasteiger charge is 2.30. The number of halogens is 1. The molecule has 14 heavy (non-hydrogen) atoms. The van der Waals surface area contributed by atoms with Gasteiger partial charge in [0.2, 0.25) is 0 Å². The Kier molecular flexibility index (Phi) is 7.44. The fraction of sp³-hybridized carbons (Fsp3) is 1.00. The zero-order chi connectivity index (χ0) is 9.68. The minimum absolute atomic E-state index is 0. The first-order valence-corrected chi connectivity index (χ1v) is 4.66. The van der Waals surface area contributed by atoms with E-state index in [1.165, 1.54) is 0 Å². The molecule has 86 valence electrons. The molecule has 0 spiro atoms. The molecule has 3 atom stereocenters. The lowest BCUT2D eigenvalue weighted by Gasteiger charge is -2.14. The van der Waals surface area contributed by atoms with Gasteiger partial charge in [-0.2, -0.15) is 9.68 Å². The summed E-state index contributed by atoms with van der Waals surface area (Å²) >= 11 is 0. The topological polar surface area (TPSA) is 61.5 Å². The Hall–Kier alpha value is 0.0900. The van der Waals surface area contributed by atoms with Crippen molar-refractivity contribution in [3.8, 4) is 0 Å². The van der Waals surface area contributed by atoms with Crippen LogP contribution in [-0.4, -0.2) is 39.0 Å². The van der Waals surface area contributed by atoms with Crippen LogP contribution < -0.4 is 23.4 Å². The molecule has 0 aliphatic carbocycles. The van der Waals surface area contributed by atoms with Crippen molar-refractivity contribution in [1.82, 2.24) is 0 Å². The van der Waals surface area contributed by atoms with Crippen molar-refractivity contribution in [2.75, 3.05) is 26.9 Å². The largest absolute Gasteiger partial charge is 1.00 e. The summed E-state index contributed by atoms with van der Waals surface area (Å²) in [7, 11) is 1.61. The highest BCUT2D eigenvalue weighted by molar-refractivity contribution is 4.65. The van der Waals surface area contributed by atoms with Crippen molar-refractivity contribution in [2.45, 2.75) is 25.5 Å². The first-order chi connectivity index (χ1) is 6.26. The van der Waals surface area contributed by atoms with Crippen LogP contribution in [0.15, 0.2) is 0 Å². The summed E-state index contributed by atoms with van der Waals surface area (Å²) < 4.78 is 5.06. The van der Waals surface area contributed by atoms with E-state index in [2.05, 4.69) is 0 Å². The number of rotatable bonds is 7. The summed E-state index contributed by atoms with van der Waals surface area (Å²) in [5, 5.41) is 0.631. The second-order valence-corrected chi connectivity index (χ2v) is 3.21. The van der Waals surface area contributed by atoms with Crippen LogP contribution in [0.2, 0.25) is 0 Å². The van der Waals surface area contributed by atoms with Gasteiger partial charge >= 0.3 is 0 Å². The van der Waals surface area contributed by atoms with Crippen molar-refractivity contribution < 1.29 is 32.0 Å². The third kappa shape index (κ3) is 5.74. The lowest BCUT2D eigenvalue weighted by Crippen LogP contribution is -3.10. The molecule has 3 unspecified atom stereocenters. The molecule has 0 aromatic rings. The summed E-state index contributed by atoms with van der Waals surface area (Å²) in [4.78, 5) is 10.4. The molecule has 1 aliphatic rings. The summed E-state index contributed by atoms with van der Waals surface area (Å²) in [6, 6.07) is 0.0882. The highest BCUT2D eigenvalue weighted by Crippen LogP contribution is 2.04. The zero-order valence-electron chi connectivity index (χ0n) is 8.66. The van der Waals surface area contributed by atoms with Gasteiger partial charge in [-0.1, -0.05) is 12.2 Å². The lowest BCUT2D eigenvalue weighted by molar-refractivity contribution is -1.24. The van der Waals surface area contributed by atoms with Crippen molar-refractivity contribution in [1.29, 1.82) is 0 Å². The fourth-order valence-corrected chi connectivity index (χ4v) is 0.891. The zero-order valence-corrected chi connectivity index (χ0v) is 9.42. The number of nitrogens with one attached hydrogen (secondary N) is 1. The molecular weight excluding hydrogens is 208 g/mol. The van der Waals surface area contributed by atoms with E-state index in [-0.39, 0.29) is 18.4 Å². The van der Waals surface area contributed by atoms with Crippen LogP contribution >= 0.6 is 0 Å². The highest BCUT2D eigenvalue weighted by atomic mass is 35.5. The van der Waals surface area contributed by atoms with E-state index in [0.29, 0.717) is 17.9 Å². The standard InChI is InChI=1S/C8H18N2O3.ClH/c1-3-7(9)5-13-10(11-2)4-8-6-12-8;/h7-8H,3-6,9H2,1-2H3;1H.